The predicted molar refractivity (Wildman–Crippen MR) is 84.2 cm³/mol. The summed E-state index contributed by atoms with van der Waals surface area (Å²) in [6.45, 7) is -0.0744. The van der Waals surface area contributed by atoms with E-state index in [-0.39, 0.29) is 18.2 Å². The molecule has 0 fully saturated rings. The molecule has 0 aliphatic heterocycles. The largest absolute Gasteiger partial charge is 0.396 e. The minimum Gasteiger partial charge on any atom is -0.396 e. The standard InChI is InChI=1S/C17H16FN3O2/c18-15-7-6-14(10-13(15)11-19)20-17(23)21-16(8-9-22)12-4-2-1-3-5-12/h1-7,10,16,22H,8-9H2,(H2,20,21,23)/t16-/m1/s1. The fraction of sp³-hybridized carbons (Fsp3) is 0.176. The van der Waals surface area contributed by atoms with Crippen molar-refractivity contribution in [3.8, 4) is 6.07 Å². The van der Waals surface area contributed by atoms with Crippen LogP contribution in [0.3, 0.4) is 0 Å². The zero-order valence-corrected chi connectivity index (χ0v) is 12.3. The summed E-state index contributed by atoms with van der Waals surface area (Å²) in [5.41, 5.74) is 1.04. The minimum absolute atomic E-state index is 0.0744. The van der Waals surface area contributed by atoms with E-state index in [0.717, 1.165) is 11.6 Å². The van der Waals surface area contributed by atoms with E-state index in [9.17, 15) is 9.18 Å². The highest BCUT2D eigenvalue weighted by molar-refractivity contribution is 5.89. The fourth-order valence-electron chi connectivity index (χ4n) is 2.15. The van der Waals surface area contributed by atoms with E-state index >= 15 is 0 Å². The van der Waals surface area contributed by atoms with Crippen LogP contribution in [0.4, 0.5) is 14.9 Å². The van der Waals surface area contributed by atoms with Crippen LogP contribution in [0.5, 0.6) is 0 Å². The Hall–Kier alpha value is -2.91. The Balaban J connectivity index is 2.06. The van der Waals surface area contributed by atoms with Crippen molar-refractivity contribution in [2.75, 3.05) is 11.9 Å². The highest BCUT2D eigenvalue weighted by Gasteiger charge is 2.14. The lowest BCUT2D eigenvalue weighted by atomic mass is 10.0. The van der Waals surface area contributed by atoms with Crippen LogP contribution in [0.15, 0.2) is 48.5 Å². The second-order valence-electron chi connectivity index (χ2n) is 4.88. The lowest BCUT2D eigenvalue weighted by Crippen LogP contribution is -2.33. The first-order valence-corrected chi connectivity index (χ1v) is 7.07. The lowest BCUT2D eigenvalue weighted by Gasteiger charge is -2.18. The first-order valence-electron chi connectivity index (χ1n) is 7.07. The fourth-order valence-corrected chi connectivity index (χ4v) is 2.15. The van der Waals surface area contributed by atoms with E-state index in [1.54, 1.807) is 6.07 Å². The molecule has 0 unspecified atom stereocenters. The van der Waals surface area contributed by atoms with Crippen molar-refractivity contribution in [1.29, 1.82) is 5.26 Å². The average Bonchev–Trinajstić information content (AvgIpc) is 2.57. The number of urea groups is 1. The van der Waals surface area contributed by atoms with Crippen molar-refractivity contribution in [3.63, 3.8) is 0 Å². The summed E-state index contributed by atoms with van der Waals surface area (Å²) in [5, 5.41) is 23.2. The number of carbonyl (C=O) groups excluding carboxylic acids is 1. The molecule has 0 saturated carbocycles. The molecule has 2 aromatic rings. The van der Waals surface area contributed by atoms with Crippen LogP contribution in [0.2, 0.25) is 0 Å². The van der Waals surface area contributed by atoms with Gasteiger partial charge in [-0.15, -0.1) is 0 Å². The van der Waals surface area contributed by atoms with Gasteiger partial charge < -0.3 is 15.7 Å². The summed E-state index contributed by atoms with van der Waals surface area (Å²) in [7, 11) is 0. The summed E-state index contributed by atoms with van der Waals surface area (Å²) in [6, 6.07) is 13.9. The smallest absolute Gasteiger partial charge is 0.319 e. The van der Waals surface area contributed by atoms with Gasteiger partial charge in [-0.05, 0) is 30.2 Å². The number of amides is 2. The summed E-state index contributed by atoms with van der Waals surface area (Å²) in [5.74, 6) is -0.638. The summed E-state index contributed by atoms with van der Waals surface area (Å²) in [6.07, 6.45) is 0.365. The molecule has 0 aliphatic rings. The molecule has 1 atom stereocenters. The zero-order valence-electron chi connectivity index (χ0n) is 12.3. The third kappa shape index (κ3) is 4.53. The van der Waals surface area contributed by atoms with Crippen molar-refractivity contribution in [1.82, 2.24) is 5.32 Å². The number of benzene rings is 2. The number of hydrogen-bond acceptors (Lipinski definition) is 3. The molecule has 0 aliphatic carbocycles. The predicted octanol–water partition coefficient (Wildman–Crippen LogP) is 2.94. The second kappa shape index (κ2) is 7.92. The van der Waals surface area contributed by atoms with Gasteiger partial charge in [0.25, 0.3) is 0 Å². The highest BCUT2D eigenvalue weighted by Crippen LogP contribution is 2.17. The Morgan fingerprint density at radius 1 is 1.26 bits per heavy atom. The Bertz CT molecular complexity index is 714. The number of anilines is 1. The van der Waals surface area contributed by atoms with Gasteiger partial charge in [-0.3, -0.25) is 0 Å². The van der Waals surface area contributed by atoms with Crippen LogP contribution in [-0.4, -0.2) is 17.7 Å². The van der Waals surface area contributed by atoms with E-state index in [2.05, 4.69) is 10.6 Å². The molecule has 0 bridgehead atoms. The molecule has 0 radical (unpaired) electrons. The molecular weight excluding hydrogens is 297 g/mol. The molecule has 118 valence electrons. The van der Waals surface area contributed by atoms with E-state index in [1.807, 2.05) is 30.3 Å². The maximum atomic E-state index is 13.3. The number of halogens is 1. The van der Waals surface area contributed by atoms with Gasteiger partial charge in [-0.25, -0.2) is 9.18 Å². The molecule has 6 heteroatoms. The summed E-state index contributed by atoms with van der Waals surface area (Å²) in [4.78, 5) is 12.1. The van der Waals surface area contributed by atoms with Gasteiger partial charge in [-0.1, -0.05) is 30.3 Å². The monoisotopic (exact) mass is 313 g/mol. The van der Waals surface area contributed by atoms with Gasteiger partial charge in [0.15, 0.2) is 0 Å². The minimum atomic E-state index is -0.638. The Morgan fingerprint density at radius 3 is 2.65 bits per heavy atom. The lowest BCUT2D eigenvalue weighted by molar-refractivity contribution is 0.239. The first-order chi connectivity index (χ1) is 11.1. The van der Waals surface area contributed by atoms with E-state index < -0.39 is 11.8 Å². The van der Waals surface area contributed by atoms with Crippen LogP contribution < -0.4 is 10.6 Å². The van der Waals surface area contributed by atoms with Gasteiger partial charge in [0.1, 0.15) is 11.9 Å². The summed E-state index contributed by atoms with van der Waals surface area (Å²) >= 11 is 0. The van der Waals surface area contributed by atoms with E-state index in [1.165, 1.54) is 12.1 Å². The maximum absolute atomic E-state index is 13.3. The van der Waals surface area contributed by atoms with Crippen LogP contribution >= 0.6 is 0 Å². The molecule has 0 spiro atoms. The van der Waals surface area contributed by atoms with Crippen LogP contribution in [0, 0.1) is 17.1 Å². The number of nitrogens with one attached hydrogen (secondary N) is 2. The molecule has 2 amide bonds. The van der Waals surface area contributed by atoms with Crippen molar-refractivity contribution in [3.05, 3.63) is 65.5 Å². The molecule has 0 heterocycles. The maximum Gasteiger partial charge on any atom is 0.319 e. The first kappa shape index (κ1) is 16.5. The number of carbonyl (C=O) groups is 1. The quantitative estimate of drug-likeness (QED) is 0.793. The van der Waals surface area contributed by atoms with Gasteiger partial charge in [0, 0.05) is 12.3 Å². The third-order valence-electron chi connectivity index (χ3n) is 3.27. The number of aliphatic hydroxyl groups is 1. The number of hydrogen-bond donors (Lipinski definition) is 3. The van der Waals surface area contributed by atoms with Crippen LogP contribution in [-0.2, 0) is 0 Å². The van der Waals surface area contributed by atoms with Gasteiger partial charge >= 0.3 is 6.03 Å². The molecular formula is C17H16FN3O2. The molecule has 0 saturated heterocycles. The van der Waals surface area contributed by atoms with E-state index in [4.69, 9.17) is 10.4 Å². The van der Waals surface area contributed by atoms with Gasteiger partial charge in [0.2, 0.25) is 0 Å². The Labute approximate surface area is 133 Å². The number of nitrogens with zero attached hydrogens (tertiary/aromatic N) is 1. The SMILES string of the molecule is N#Cc1cc(NC(=O)N[C@H](CCO)c2ccccc2)ccc1F. The second-order valence-corrected chi connectivity index (χ2v) is 4.88. The molecule has 0 aromatic heterocycles. The Morgan fingerprint density at radius 2 is 2.00 bits per heavy atom. The van der Waals surface area contributed by atoms with Crippen molar-refractivity contribution in [2.45, 2.75) is 12.5 Å². The third-order valence-corrected chi connectivity index (χ3v) is 3.27. The van der Waals surface area contributed by atoms with Crippen molar-refractivity contribution in [2.24, 2.45) is 0 Å². The van der Waals surface area contributed by atoms with Crippen molar-refractivity contribution < 1.29 is 14.3 Å². The topological polar surface area (TPSA) is 85.2 Å². The van der Waals surface area contributed by atoms with E-state index in [0.29, 0.717) is 12.1 Å². The van der Waals surface area contributed by atoms with Crippen LogP contribution in [0.25, 0.3) is 0 Å². The average molecular weight is 313 g/mol. The number of rotatable bonds is 5. The van der Waals surface area contributed by atoms with Gasteiger partial charge in [0.05, 0.1) is 11.6 Å². The van der Waals surface area contributed by atoms with Crippen LogP contribution in [0.1, 0.15) is 23.6 Å². The molecule has 5 nitrogen and oxygen atoms in total. The highest BCUT2D eigenvalue weighted by atomic mass is 19.1. The molecule has 2 rings (SSSR count). The van der Waals surface area contributed by atoms with Gasteiger partial charge in [-0.2, -0.15) is 5.26 Å². The molecule has 3 N–H and O–H groups in total. The molecule has 23 heavy (non-hydrogen) atoms. The number of aliphatic hydroxyl groups excluding tert-OH is 1. The zero-order chi connectivity index (χ0) is 16.7. The summed E-state index contributed by atoms with van der Waals surface area (Å²) < 4.78 is 13.3. The number of nitriles is 1. The van der Waals surface area contributed by atoms with Crippen molar-refractivity contribution >= 4 is 11.7 Å². The normalized spacial score (nSPS) is 11.3. The Kier molecular flexibility index (Phi) is 5.67. The molecule has 2 aromatic carbocycles.